The Morgan fingerprint density at radius 2 is 2.12 bits per heavy atom. The molecule has 8 heteroatoms. The zero-order valence-corrected chi connectivity index (χ0v) is 10.3. The Morgan fingerprint density at radius 3 is 2.53 bits per heavy atom. The fourth-order valence-corrected chi connectivity index (χ4v) is 1.81. The molecule has 0 saturated carbocycles. The van der Waals surface area contributed by atoms with Crippen molar-refractivity contribution >= 4 is 15.9 Å². The van der Waals surface area contributed by atoms with Crippen molar-refractivity contribution in [3.8, 4) is 11.6 Å². The number of methoxy groups -OCH3 is 1. The highest BCUT2D eigenvalue weighted by Gasteiger charge is 2.34. The standard InChI is InChI=1S/C9H9BrF3NO3/c1-16-8-7(17-9(11,12)13)6(2-10)5(4-15)3-14-8/h3,15H,2,4H2,1H3. The first-order chi connectivity index (χ1) is 7.92. The second-order valence-electron chi connectivity index (χ2n) is 2.94. The number of aromatic nitrogens is 1. The van der Waals surface area contributed by atoms with Gasteiger partial charge in [-0.05, 0) is 0 Å². The van der Waals surface area contributed by atoms with Gasteiger partial charge in [-0.1, -0.05) is 15.9 Å². The molecule has 0 unspecified atom stereocenters. The monoisotopic (exact) mass is 315 g/mol. The summed E-state index contributed by atoms with van der Waals surface area (Å²) in [4.78, 5) is 3.63. The van der Waals surface area contributed by atoms with Gasteiger partial charge in [-0.3, -0.25) is 0 Å². The highest BCUT2D eigenvalue weighted by Crippen LogP contribution is 2.36. The number of rotatable bonds is 4. The highest BCUT2D eigenvalue weighted by molar-refractivity contribution is 9.08. The van der Waals surface area contributed by atoms with Gasteiger partial charge >= 0.3 is 6.36 Å². The lowest BCUT2D eigenvalue weighted by molar-refractivity contribution is -0.275. The molecule has 0 aliphatic heterocycles. The number of hydrogen-bond donors (Lipinski definition) is 1. The summed E-state index contributed by atoms with van der Waals surface area (Å²) in [7, 11) is 1.18. The molecule has 0 aliphatic carbocycles. The molecule has 4 nitrogen and oxygen atoms in total. The number of ether oxygens (including phenoxy) is 2. The summed E-state index contributed by atoms with van der Waals surface area (Å²) in [5.41, 5.74) is 0.388. The lowest BCUT2D eigenvalue weighted by atomic mass is 10.1. The molecule has 0 aromatic carbocycles. The summed E-state index contributed by atoms with van der Waals surface area (Å²) < 4.78 is 45.2. The van der Waals surface area contributed by atoms with Crippen LogP contribution in [0.5, 0.6) is 11.6 Å². The summed E-state index contributed by atoms with van der Waals surface area (Å²) in [5, 5.41) is 9.07. The van der Waals surface area contributed by atoms with E-state index in [4.69, 9.17) is 9.84 Å². The first kappa shape index (κ1) is 14.0. The molecule has 1 rings (SSSR count). The molecular formula is C9H9BrF3NO3. The predicted molar refractivity (Wildman–Crippen MR) is 56.0 cm³/mol. The van der Waals surface area contributed by atoms with Gasteiger partial charge in [0.2, 0.25) is 0 Å². The van der Waals surface area contributed by atoms with Gasteiger partial charge in [-0.2, -0.15) is 0 Å². The number of nitrogens with zero attached hydrogens (tertiary/aromatic N) is 1. The number of pyridine rings is 1. The van der Waals surface area contributed by atoms with Gasteiger partial charge in [0.05, 0.1) is 13.7 Å². The van der Waals surface area contributed by atoms with Gasteiger partial charge in [0.1, 0.15) is 0 Å². The van der Waals surface area contributed by atoms with Crippen molar-refractivity contribution in [3.05, 3.63) is 17.3 Å². The van der Waals surface area contributed by atoms with Gasteiger partial charge in [0.15, 0.2) is 5.75 Å². The quantitative estimate of drug-likeness (QED) is 0.867. The van der Waals surface area contributed by atoms with E-state index in [1.807, 2.05) is 0 Å². The molecule has 0 bridgehead atoms. The van der Waals surface area contributed by atoms with E-state index in [0.29, 0.717) is 0 Å². The zero-order valence-electron chi connectivity index (χ0n) is 8.71. The molecular weight excluding hydrogens is 307 g/mol. The Labute approximate surface area is 103 Å². The summed E-state index contributed by atoms with van der Waals surface area (Å²) in [6.07, 6.45) is -3.61. The molecule has 1 aromatic heterocycles. The summed E-state index contributed by atoms with van der Waals surface area (Å²) >= 11 is 3.03. The van der Waals surface area contributed by atoms with E-state index in [1.54, 1.807) is 0 Å². The molecule has 17 heavy (non-hydrogen) atoms. The van der Waals surface area contributed by atoms with Crippen molar-refractivity contribution in [1.29, 1.82) is 0 Å². The molecule has 0 saturated heterocycles. The van der Waals surface area contributed by atoms with E-state index >= 15 is 0 Å². The van der Waals surface area contributed by atoms with E-state index in [-0.39, 0.29) is 22.3 Å². The van der Waals surface area contributed by atoms with Crippen molar-refractivity contribution < 1.29 is 27.8 Å². The molecule has 0 fully saturated rings. The van der Waals surface area contributed by atoms with E-state index in [0.717, 1.165) is 0 Å². The van der Waals surface area contributed by atoms with Crippen LogP contribution in [-0.4, -0.2) is 23.6 Å². The molecule has 0 aliphatic rings. The minimum absolute atomic E-state index is 0.0766. The zero-order chi connectivity index (χ0) is 13.1. The fourth-order valence-electron chi connectivity index (χ4n) is 1.20. The van der Waals surface area contributed by atoms with Crippen molar-refractivity contribution in [2.75, 3.05) is 7.11 Å². The molecule has 96 valence electrons. The minimum atomic E-state index is -4.85. The Balaban J connectivity index is 3.30. The Kier molecular flexibility index (Phi) is 4.58. The lowest BCUT2D eigenvalue weighted by Gasteiger charge is -2.16. The normalized spacial score (nSPS) is 11.4. The fraction of sp³-hybridized carbons (Fsp3) is 0.444. The Bertz CT molecular complexity index is 398. The van der Waals surface area contributed by atoms with Crippen LogP contribution in [0.2, 0.25) is 0 Å². The van der Waals surface area contributed by atoms with Crippen LogP contribution in [-0.2, 0) is 11.9 Å². The average Bonchev–Trinajstić information content (AvgIpc) is 2.26. The highest BCUT2D eigenvalue weighted by atomic mass is 79.9. The smallest absolute Gasteiger partial charge is 0.478 e. The minimum Gasteiger partial charge on any atom is -0.478 e. The van der Waals surface area contributed by atoms with Crippen molar-refractivity contribution in [2.24, 2.45) is 0 Å². The maximum atomic E-state index is 12.2. The number of aliphatic hydroxyl groups is 1. The Morgan fingerprint density at radius 1 is 1.47 bits per heavy atom. The van der Waals surface area contributed by atoms with Crippen molar-refractivity contribution in [3.63, 3.8) is 0 Å². The predicted octanol–water partition coefficient (Wildman–Crippen LogP) is 2.38. The van der Waals surface area contributed by atoms with Gasteiger partial charge in [0, 0.05) is 22.7 Å². The third-order valence-electron chi connectivity index (χ3n) is 1.91. The second kappa shape index (κ2) is 5.54. The average molecular weight is 316 g/mol. The van der Waals surface area contributed by atoms with Crippen LogP contribution in [0.3, 0.4) is 0 Å². The number of hydrogen-bond acceptors (Lipinski definition) is 4. The van der Waals surface area contributed by atoms with Crippen LogP contribution in [0.4, 0.5) is 13.2 Å². The summed E-state index contributed by atoms with van der Waals surface area (Å²) in [6, 6.07) is 0. The van der Waals surface area contributed by atoms with E-state index in [2.05, 4.69) is 25.7 Å². The van der Waals surface area contributed by atoms with Crippen molar-refractivity contribution in [2.45, 2.75) is 18.3 Å². The van der Waals surface area contributed by atoms with Crippen LogP contribution in [0, 0.1) is 0 Å². The maximum absolute atomic E-state index is 12.2. The van der Waals surface area contributed by atoms with Gasteiger partial charge in [0.25, 0.3) is 5.88 Å². The van der Waals surface area contributed by atoms with E-state index < -0.39 is 18.7 Å². The van der Waals surface area contributed by atoms with E-state index in [1.165, 1.54) is 13.3 Å². The van der Waals surface area contributed by atoms with Crippen LogP contribution in [0.1, 0.15) is 11.1 Å². The van der Waals surface area contributed by atoms with Crippen LogP contribution in [0.25, 0.3) is 0 Å². The van der Waals surface area contributed by atoms with Gasteiger partial charge in [-0.15, -0.1) is 13.2 Å². The molecule has 1 heterocycles. The van der Waals surface area contributed by atoms with Crippen LogP contribution < -0.4 is 9.47 Å². The topological polar surface area (TPSA) is 51.6 Å². The van der Waals surface area contributed by atoms with Gasteiger partial charge < -0.3 is 14.6 Å². The molecule has 0 atom stereocenters. The maximum Gasteiger partial charge on any atom is 0.573 e. The molecule has 0 spiro atoms. The van der Waals surface area contributed by atoms with Crippen LogP contribution in [0.15, 0.2) is 6.20 Å². The van der Waals surface area contributed by atoms with Crippen molar-refractivity contribution in [1.82, 2.24) is 4.98 Å². The molecule has 0 amide bonds. The second-order valence-corrected chi connectivity index (χ2v) is 3.50. The molecule has 1 aromatic rings. The third kappa shape index (κ3) is 3.47. The number of alkyl halides is 4. The molecule has 1 N–H and O–H groups in total. The molecule has 0 radical (unpaired) electrons. The van der Waals surface area contributed by atoms with Crippen LogP contribution >= 0.6 is 15.9 Å². The first-order valence-corrected chi connectivity index (χ1v) is 5.52. The lowest BCUT2D eigenvalue weighted by Crippen LogP contribution is -2.19. The number of halogens is 4. The summed E-state index contributed by atoms with van der Waals surface area (Å²) in [5.74, 6) is -0.822. The summed E-state index contributed by atoms with van der Waals surface area (Å²) in [6.45, 7) is -0.438. The largest absolute Gasteiger partial charge is 0.573 e. The SMILES string of the molecule is COc1ncc(CO)c(CBr)c1OC(F)(F)F. The first-order valence-electron chi connectivity index (χ1n) is 4.40. The third-order valence-corrected chi connectivity index (χ3v) is 2.47. The Hall–Kier alpha value is -1.02. The van der Waals surface area contributed by atoms with Gasteiger partial charge in [-0.25, -0.2) is 4.98 Å². The van der Waals surface area contributed by atoms with E-state index in [9.17, 15) is 13.2 Å². The number of aliphatic hydroxyl groups excluding tert-OH is 1.